The molecule has 0 saturated carbocycles. The number of carbonyl (C=O) groups excluding carboxylic acids is 1. The minimum Gasteiger partial charge on any atom is -0.494 e. The average molecular weight is 446 g/mol. The van der Waals surface area contributed by atoms with Crippen LogP contribution in [0.1, 0.15) is 25.3 Å². The van der Waals surface area contributed by atoms with E-state index in [0.717, 1.165) is 44.5 Å². The van der Waals surface area contributed by atoms with Gasteiger partial charge in [-0.25, -0.2) is 8.42 Å². The first-order valence-electron chi connectivity index (χ1n) is 10.5. The molecule has 0 aliphatic carbocycles. The van der Waals surface area contributed by atoms with Crippen LogP contribution < -0.4 is 14.4 Å². The molecule has 0 atom stereocenters. The highest BCUT2D eigenvalue weighted by Crippen LogP contribution is 2.24. The van der Waals surface area contributed by atoms with Crippen molar-refractivity contribution >= 4 is 27.3 Å². The summed E-state index contributed by atoms with van der Waals surface area (Å²) in [6.07, 6.45) is 2.74. The van der Waals surface area contributed by atoms with Crippen molar-refractivity contribution in [2.45, 2.75) is 26.3 Å². The summed E-state index contributed by atoms with van der Waals surface area (Å²) < 4.78 is 30.3. The first kappa shape index (κ1) is 23.1. The Morgan fingerprint density at radius 1 is 1.16 bits per heavy atom. The molecule has 168 valence electrons. The van der Waals surface area contributed by atoms with Gasteiger partial charge in [-0.3, -0.25) is 14.0 Å². The fourth-order valence-corrected chi connectivity index (χ4v) is 4.22. The molecule has 1 saturated heterocycles. The Bertz CT molecular complexity index is 1000. The van der Waals surface area contributed by atoms with E-state index >= 15 is 0 Å². The van der Waals surface area contributed by atoms with Crippen molar-refractivity contribution < 1.29 is 17.9 Å². The van der Waals surface area contributed by atoms with Crippen molar-refractivity contribution in [3.63, 3.8) is 0 Å². The fourth-order valence-electron chi connectivity index (χ4n) is 3.73. The second kappa shape index (κ2) is 10.2. The molecule has 0 spiro atoms. The summed E-state index contributed by atoms with van der Waals surface area (Å²) in [6.45, 7) is 5.18. The number of likely N-dealkylation sites (tertiary alicyclic amines) is 1. The van der Waals surface area contributed by atoms with Gasteiger partial charge in [-0.05, 0) is 68.8 Å². The van der Waals surface area contributed by atoms with Crippen LogP contribution >= 0.6 is 0 Å². The monoisotopic (exact) mass is 445 g/mol. The molecule has 0 bridgehead atoms. The number of hydrogen-bond acceptors (Lipinski definition) is 5. The van der Waals surface area contributed by atoms with Crippen molar-refractivity contribution in [2.24, 2.45) is 5.92 Å². The van der Waals surface area contributed by atoms with E-state index in [4.69, 9.17) is 4.74 Å². The summed E-state index contributed by atoms with van der Waals surface area (Å²) in [5.74, 6) is 0.817. The predicted molar refractivity (Wildman–Crippen MR) is 124 cm³/mol. The van der Waals surface area contributed by atoms with Crippen LogP contribution in [0.15, 0.2) is 48.5 Å². The molecule has 1 heterocycles. The summed E-state index contributed by atoms with van der Waals surface area (Å²) in [7, 11) is -1.86. The normalized spacial score (nSPS) is 15.5. The highest BCUT2D eigenvalue weighted by atomic mass is 32.2. The zero-order valence-corrected chi connectivity index (χ0v) is 19.2. The van der Waals surface area contributed by atoms with Crippen LogP contribution in [0.25, 0.3) is 0 Å². The molecular weight excluding hydrogens is 414 g/mol. The third-order valence-corrected chi connectivity index (χ3v) is 6.75. The second-order valence-electron chi connectivity index (χ2n) is 7.90. The zero-order chi connectivity index (χ0) is 22.4. The molecule has 8 heteroatoms. The molecule has 3 rings (SSSR count). The maximum Gasteiger partial charge on any atom is 0.231 e. The zero-order valence-electron chi connectivity index (χ0n) is 18.4. The Morgan fingerprint density at radius 2 is 1.87 bits per heavy atom. The maximum absolute atomic E-state index is 12.7. The largest absolute Gasteiger partial charge is 0.494 e. The van der Waals surface area contributed by atoms with Crippen molar-refractivity contribution in [3.8, 4) is 5.75 Å². The van der Waals surface area contributed by atoms with Crippen molar-refractivity contribution in [1.29, 1.82) is 0 Å². The van der Waals surface area contributed by atoms with E-state index in [1.807, 2.05) is 19.1 Å². The van der Waals surface area contributed by atoms with Gasteiger partial charge in [0.2, 0.25) is 15.9 Å². The molecule has 0 radical (unpaired) electrons. The van der Waals surface area contributed by atoms with Gasteiger partial charge in [-0.1, -0.05) is 18.2 Å². The van der Waals surface area contributed by atoms with Crippen LogP contribution in [0.4, 0.5) is 11.4 Å². The van der Waals surface area contributed by atoms with Crippen LogP contribution in [-0.2, 0) is 21.4 Å². The Morgan fingerprint density at radius 3 is 2.55 bits per heavy atom. The third-order valence-electron chi connectivity index (χ3n) is 5.55. The van der Waals surface area contributed by atoms with E-state index < -0.39 is 10.0 Å². The molecule has 2 aromatic carbocycles. The number of carbonyl (C=O) groups is 1. The molecule has 1 aliphatic heterocycles. The maximum atomic E-state index is 12.7. The number of sulfonamides is 1. The van der Waals surface area contributed by atoms with Crippen LogP contribution in [0.2, 0.25) is 0 Å². The third kappa shape index (κ3) is 6.45. The smallest absolute Gasteiger partial charge is 0.231 e. The Kier molecular flexibility index (Phi) is 7.56. The molecular formula is C23H31N3O4S. The van der Waals surface area contributed by atoms with Crippen molar-refractivity contribution in [3.05, 3.63) is 54.1 Å². The van der Waals surface area contributed by atoms with E-state index in [-0.39, 0.29) is 11.8 Å². The fraction of sp³-hybridized carbons (Fsp3) is 0.435. The van der Waals surface area contributed by atoms with E-state index in [9.17, 15) is 13.2 Å². The molecule has 0 aromatic heterocycles. The molecule has 0 unspecified atom stereocenters. The Hall–Kier alpha value is -2.58. The van der Waals surface area contributed by atoms with Crippen molar-refractivity contribution in [1.82, 2.24) is 4.90 Å². The Balaban J connectivity index is 1.53. The SMILES string of the molecule is CCOc1cccc(CN2CCC(C(=O)Nc3cccc(N(C)S(C)(=O)=O)c3)CC2)c1. The van der Waals surface area contributed by atoms with Gasteiger partial charge >= 0.3 is 0 Å². The number of piperidine rings is 1. The lowest BCUT2D eigenvalue weighted by atomic mass is 9.95. The van der Waals surface area contributed by atoms with E-state index in [1.54, 1.807) is 24.3 Å². The van der Waals surface area contributed by atoms with Crippen LogP contribution in [-0.4, -0.2) is 52.2 Å². The molecule has 1 N–H and O–H groups in total. The number of benzene rings is 2. The molecule has 1 amide bonds. The van der Waals surface area contributed by atoms with E-state index in [0.29, 0.717) is 18.0 Å². The van der Waals surface area contributed by atoms with Gasteiger partial charge in [0.25, 0.3) is 0 Å². The number of hydrogen-bond donors (Lipinski definition) is 1. The number of amides is 1. The number of nitrogens with zero attached hydrogens (tertiary/aromatic N) is 2. The first-order valence-corrected chi connectivity index (χ1v) is 12.4. The van der Waals surface area contributed by atoms with Crippen LogP contribution in [0, 0.1) is 5.92 Å². The average Bonchev–Trinajstić information content (AvgIpc) is 2.74. The summed E-state index contributed by atoms with van der Waals surface area (Å²) >= 11 is 0. The molecule has 2 aromatic rings. The van der Waals surface area contributed by atoms with Crippen molar-refractivity contribution in [2.75, 3.05) is 42.6 Å². The van der Waals surface area contributed by atoms with E-state index in [2.05, 4.69) is 22.3 Å². The minimum atomic E-state index is -3.35. The standard InChI is InChI=1S/C23H31N3O4S/c1-4-30-22-10-5-7-18(15-22)17-26-13-11-19(12-14-26)23(27)24-20-8-6-9-21(16-20)25(2)31(3,28)29/h5-10,15-16,19H,4,11-14,17H2,1-3H3,(H,24,27). The van der Waals surface area contributed by atoms with Crippen LogP contribution in [0.3, 0.4) is 0 Å². The number of ether oxygens (including phenoxy) is 1. The number of anilines is 2. The lowest BCUT2D eigenvalue weighted by Crippen LogP contribution is -2.37. The van der Waals surface area contributed by atoms with Gasteiger partial charge < -0.3 is 10.1 Å². The topological polar surface area (TPSA) is 79.0 Å². The predicted octanol–water partition coefficient (Wildman–Crippen LogP) is 3.33. The van der Waals surface area contributed by atoms with Gasteiger partial charge in [-0.15, -0.1) is 0 Å². The summed E-state index contributed by atoms with van der Waals surface area (Å²) in [4.78, 5) is 15.1. The lowest BCUT2D eigenvalue weighted by molar-refractivity contribution is -0.121. The minimum absolute atomic E-state index is 0.0165. The summed E-state index contributed by atoms with van der Waals surface area (Å²) in [5, 5.41) is 2.95. The van der Waals surface area contributed by atoms with Gasteiger partial charge in [0.15, 0.2) is 0 Å². The summed E-state index contributed by atoms with van der Waals surface area (Å²) in [6, 6.07) is 15.0. The van der Waals surface area contributed by atoms with Gasteiger partial charge in [0.1, 0.15) is 5.75 Å². The second-order valence-corrected chi connectivity index (χ2v) is 9.91. The number of nitrogens with one attached hydrogen (secondary N) is 1. The van der Waals surface area contributed by atoms with E-state index in [1.165, 1.54) is 16.9 Å². The highest BCUT2D eigenvalue weighted by molar-refractivity contribution is 7.92. The quantitative estimate of drug-likeness (QED) is 0.674. The highest BCUT2D eigenvalue weighted by Gasteiger charge is 2.25. The molecule has 31 heavy (non-hydrogen) atoms. The first-order chi connectivity index (χ1) is 14.8. The van der Waals surface area contributed by atoms with Crippen LogP contribution in [0.5, 0.6) is 5.75 Å². The lowest BCUT2D eigenvalue weighted by Gasteiger charge is -2.31. The van der Waals surface area contributed by atoms with Gasteiger partial charge in [0, 0.05) is 25.2 Å². The number of rotatable bonds is 8. The molecule has 1 fully saturated rings. The Labute approximate surface area is 185 Å². The van der Waals surface area contributed by atoms with Gasteiger partial charge in [-0.2, -0.15) is 0 Å². The molecule has 1 aliphatic rings. The molecule has 7 nitrogen and oxygen atoms in total. The summed E-state index contributed by atoms with van der Waals surface area (Å²) in [5.41, 5.74) is 2.33. The van der Waals surface area contributed by atoms with Gasteiger partial charge in [0.05, 0.1) is 18.6 Å².